The normalized spacial score (nSPS) is 15.0. The maximum absolute atomic E-state index is 12.5. The van der Waals surface area contributed by atoms with E-state index in [0.717, 1.165) is 5.56 Å². The Morgan fingerprint density at radius 1 is 1.26 bits per heavy atom. The van der Waals surface area contributed by atoms with Crippen molar-refractivity contribution >= 4 is 15.8 Å². The summed E-state index contributed by atoms with van der Waals surface area (Å²) in [5, 5.41) is 9.08. The van der Waals surface area contributed by atoms with Gasteiger partial charge in [-0.2, -0.15) is 0 Å². The summed E-state index contributed by atoms with van der Waals surface area (Å²) in [6.45, 7) is 4.33. The largest absolute Gasteiger partial charge is 0.479 e. The lowest BCUT2D eigenvalue weighted by Gasteiger charge is -2.25. The van der Waals surface area contributed by atoms with E-state index in [0.29, 0.717) is 11.1 Å². The van der Waals surface area contributed by atoms with Crippen molar-refractivity contribution in [1.29, 1.82) is 0 Å². The molecule has 0 unspecified atom stereocenters. The van der Waals surface area contributed by atoms with Gasteiger partial charge < -0.3 is 16.6 Å². The van der Waals surface area contributed by atoms with Gasteiger partial charge in [0.25, 0.3) is 0 Å². The first kappa shape index (κ1) is 15.6. The van der Waals surface area contributed by atoms with Gasteiger partial charge in [0.15, 0.2) is 0 Å². The Balaban J connectivity index is 3.66. The van der Waals surface area contributed by atoms with Crippen LogP contribution in [0.5, 0.6) is 0 Å². The number of hydrogen-bond acceptors (Lipinski definition) is 5. The van der Waals surface area contributed by atoms with Gasteiger partial charge in [-0.1, -0.05) is 17.7 Å². The first-order valence-electron chi connectivity index (χ1n) is 5.62. The third-order valence-electron chi connectivity index (χ3n) is 3.02. The summed E-state index contributed by atoms with van der Waals surface area (Å²) >= 11 is 0. The Kier molecular flexibility index (Phi) is 4.04. The molecule has 0 saturated heterocycles. The molecular weight excluding hydrogens is 268 g/mol. The lowest BCUT2D eigenvalue weighted by Crippen LogP contribution is -2.60. The summed E-state index contributed by atoms with van der Waals surface area (Å²) in [6, 6.07) is 3.33. The summed E-state index contributed by atoms with van der Waals surface area (Å²) in [5.41, 5.74) is 12.6. The van der Waals surface area contributed by atoms with Crippen LogP contribution in [0.2, 0.25) is 0 Å². The third kappa shape index (κ3) is 2.36. The van der Waals surface area contributed by atoms with Crippen LogP contribution in [0.3, 0.4) is 0 Å². The van der Waals surface area contributed by atoms with Gasteiger partial charge in [0.2, 0.25) is 14.7 Å². The summed E-state index contributed by atoms with van der Waals surface area (Å²) < 4.78 is 25.0. The molecule has 0 aliphatic carbocycles. The highest BCUT2D eigenvalue weighted by atomic mass is 32.2. The summed E-state index contributed by atoms with van der Waals surface area (Å²) in [6.07, 6.45) is 0. The molecule has 0 saturated carbocycles. The summed E-state index contributed by atoms with van der Waals surface area (Å²) in [7, 11) is -4.27. The minimum absolute atomic E-state index is 0.0616. The van der Waals surface area contributed by atoms with E-state index in [1.54, 1.807) is 26.0 Å². The maximum atomic E-state index is 12.5. The average molecular weight is 286 g/mol. The van der Waals surface area contributed by atoms with Gasteiger partial charge in [0.05, 0.1) is 4.90 Å². The van der Waals surface area contributed by atoms with Crippen LogP contribution in [0.15, 0.2) is 17.0 Å². The number of aryl methyl sites for hydroxylation is 3. The second-order valence-corrected chi connectivity index (χ2v) is 6.77. The smallest absolute Gasteiger partial charge is 0.341 e. The highest BCUT2D eigenvalue weighted by Gasteiger charge is 2.48. The summed E-state index contributed by atoms with van der Waals surface area (Å²) in [4.78, 5) is 8.60. The van der Waals surface area contributed by atoms with Crippen molar-refractivity contribution in [3.63, 3.8) is 0 Å². The molecule has 19 heavy (non-hydrogen) atoms. The van der Waals surface area contributed by atoms with Crippen molar-refractivity contribution in [3.8, 4) is 0 Å². The van der Waals surface area contributed by atoms with Crippen LogP contribution in [0, 0.1) is 20.8 Å². The molecule has 0 heterocycles. The Hall–Kier alpha value is -1.44. The predicted molar refractivity (Wildman–Crippen MR) is 71.4 cm³/mol. The second-order valence-electron chi connectivity index (χ2n) is 4.63. The van der Waals surface area contributed by atoms with Gasteiger partial charge in [-0.15, -0.1) is 0 Å². The molecule has 1 rings (SSSR count). The van der Waals surface area contributed by atoms with Crippen molar-refractivity contribution in [2.24, 2.45) is 11.5 Å². The number of sulfone groups is 1. The van der Waals surface area contributed by atoms with E-state index < -0.39 is 27.2 Å². The molecule has 6 nitrogen and oxygen atoms in total. The second kappa shape index (κ2) is 4.92. The van der Waals surface area contributed by atoms with Crippen molar-refractivity contribution < 1.29 is 18.3 Å². The highest BCUT2D eigenvalue weighted by Crippen LogP contribution is 2.28. The average Bonchev–Trinajstić information content (AvgIpc) is 2.25. The van der Waals surface area contributed by atoms with Crippen LogP contribution in [0.4, 0.5) is 0 Å². The van der Waals surface area contributed by atoms with Crippen molar-refractivity contribution in [2.45, 2.75) is 30.5 Å². The molecule has 5 N–H and O–H groups in total. The van der Waals surface area contributed by atoms with E-state index in [-0.39, 0.29) is 4.90 Å². The Morgan fingerprint density at radius 2 is 1.68 bits per heavy atom. The Labute approximate surface area is 112 Å². The molecule has 0 aromatic heterocycles. The number of carboxylic acid groups (broad SMARTS) is 1. The minimum atomic E-state index is -4.27. The van der Waals surface area contributed by atoms with E-state index in [2.05, 4.69) is 0 Å². The Bertz CT molecular complexity index is 602. The fraction of sp³-hybridized carbons (Fsp3) is 0.417. The lowest BCUT2D eigenvalue weighted by atomic mass is 10.1. The molecule has 106 valence electrons. The SMILES string of the molecule is Cc1cc(C)c(S(=O)(=O)[C@@](N)(CN)C(=O)O)c(C)c1. The molecule has 1 atom stereocenters. The molecule has 0 aliphatic heterocycles. The van der Waals surface area contributed by atoms with Crippen LogP contribution in [0.1, 0.15) is 16.7 Å². The fourth-order valence-electron chi connectivity index (χ4n) is 2.08. The number of hydrogen-bond donors (Lipinski definition) is 3. The molecule has 7 heteroatoms. The highest BCUT2D eigenvalue weighted by molar-refractivity contribution is 7.93. The van der Waals surface area contributed by atoms with Crippen molar-refractivity contribution in [2.75, 3.05) is 6.54 Å². The van der Waals surface area contributed by atoms with Crippen molar-refractivity contribution in [1.82, 2.24) is 0 Å². The standard InChI is InChI=1S/C12H18N2O4S/c1-7-4-8(2)10(9(3)5-7)19(17,18)12(14,6-13)11(15)16/h4-5H,6,13-14H2,1-3H3,(H,15,16)/t12-/m0/s1. The van der Waals surface area contributed by atoms with E-state index in [9.17, 15) is 13.2 Å². The fourth-order valence-corrected chi connectivity index (χ4v) is 3.86. The molecule has 0 radical (unpaired) electrons. The molecule has 0 bridgehead atoms. The van der Waals surface area contributed by atoms with Crippen molar-refractivity contribution in [3.05, 3.63) is 28.8 Å². The molecule has 0 fully saturated rings. The zero-order chi connectivity index (χ0) is 15.0. The molecule has 1 aromatic carbocycles. The number of carbonyl (C=O) groups is 1. The zero-order valence-electron chi connectivity index (χ0n) is 11.1. The monoisotopic (exact) mass is 286 g/mol. The number of aliphatic carboxylic acids is 1. The molecule has 0 amide bonds. The number of carboxylic acids is 1. The van der Waals surface area contributed by atoms with Crippen LogP contribution < -0.4 is 11.5 Å². The summed E-state index contributed by atoms with van der Waals surface area (Å²) in [5.74, 6) is -1.66. The zero-order valence-corrected chi connectivity index (χ0v) is 11.9. The Morgan fingerprint density at radius 3 is 2.00 bits per heavy atom. The number of benzene rings is 1. The molecule has 0 aliphatic rings. The predicted octanol–water partition coefficient (Wildman–Crippen LogP) is 0.0839. The van der Waals surface area contributed by atoms with Gasteiger partial charge in [-0.25, -0.2) is 13.2 Å². The van der Waals surface area contributed by atoms with E-state index in [1.807, 2.05) is 6.92 Å². The minimum Gasteiger partial charge on any atom is -0.479 e. The van der Waals surface area contributed by atoms with Gasteiger partial charge in [-0.3, -0.25) is 0 Å². The van der Waals surface area contributed by atoms with Gasteiger partial charge in [0, 0.05) is 6.54 Å². The van der Waals surface area contributed by atoms with Gasteiger partial charge >= 0.3 is 5.97 Å². The molecule has 1 aromatic rings. The third-order valence-corrected chi connectivity index (χ3v) is 5.50. The molecular formula is C12H18N2O4S. The van der Waals surface area contributed by atoms with E-state index >= 15 is 0 Å². The number of rotatable bonds is 4. The van der Waals surface area contributed by atoms with E-state index in [4.69, 9.17) is 16.6 Å². The number of nitrogens with two attached hydrogens (primary N) is 2. The lowest BCUT2D eigenvalue weighted by molar-refractivity contribution is -0.139. The topological polar surface area (TPSA) is 123 Å². The quantitative estimate of drug-likeness (QED) is 0.720. The first-order chi connectivity index (χ1) is 8.57. The van der Waals surface area contributed by atoms with Crippen LogP contribution >= 0.6 is 0 Å². The van der Waals surface area contributed by atoms with Crippen LogP contribution in [-0.2, 0) is 14.6 Å². The van der Waals surface area contributed by atoms with E-state index in [1.165, 1.54) is 0 Å². The van der Waals surface area contributed by atoms with Crippen LogP contribution in [0.25, 0.3) is 0 Å². The van der Waals surface area contributed by atoms with Crippen LogP contribution in [-0.4, -0.2) is 30.9 Å². The van der Waals surface area contributed by atoms with Gasteiger partial charge in [-0.05, 0) is 31.9 Å². The van der Waals surface area contributed by atoms with Gasteiger partial charge in [0.1, 0.15) is 0 Å². The first-order valence-corrected chi connectivity index (χ1v) is 7.11. The molecule has 0 spiro atoms. The maximum Gasteiger partial charge on any atom is 0.341 e.